The van der Waals surface area contributed by atoms with Gasteiger partial charge in [-0.05, 0) is 42.8 Å². The van der Waals surface area contributed by atoms with Gasteiger partial charge in [0.2, 0.25) is 0 Å². The Kier molecular flexibility index (Phi) is 3.62. The lowest BCUT2D eigenvalue weighted by molar-refractivity contribution is 0.0952. The number of hydrogen-bond donors (Lipinski definition) is 2. The zero-order chi connectivity index (χ0) is 14.8. The Balaban J connectivity index is 1.87. The number of hydrogen-bond acceptors (Lipinski definition) is 2. The molecule has 3 aromatic rings. The lowest BCUT2D eigenvalue weighted by Crippen LogP contribution is -2.23. The van der Waals surface area contributed by atoms with E-state index >= 15 is 0 Å². The topological polar surface area (TPSA) is 57.8 Å². The number of rotatable bonds is 3. The zero-order valence-corrected chi connectivity index (χ0v) is 12.2. The molecule has 2 heterocycles. The van der Waals surface area contributed by atoms with Crippen molar-refractivity contribution in [3.05, 3.63) is 64.6 Å². The van der Waals surface area contributed by atoms with Gasteiger partial charge in [-0.25, -0.2) is 0 Å². The summed E-state index contributed by atoms with van der Waals surface area (Å²) in [5.41, 5.74) is 3.39. The van der Waals surface area contributed by atoms with Crippen LogP contribution in [0, 0.1) is 6.92 Å². The number of aromatic nitrogens is 2. The smallest absolute Gasteiger partial charge is 0.253 e. The van der Waals surface area contributed by atoms with Gasteiger partial charge in [-0.3, -0.25) is 9.78 Å². The molecule has 4 nitrogen and oxygen atoms in total. The molecule has 106 valence electrons. The highest BCUT2D eigenvalue weighted by Crippen LogP contribution is 2.25. The van der Waals surface area contributed by atoms with E-state index in [1.807, 2.05) is 31.2 Å². The minimum absolute atomic E-state index is 0.113. The molecule has 1 amide bonds. The first-order valence-electron chi connectivity index (χ1n) is 6.60. The van der Waals surface area contributed by atoms with Gasteiger partial charge in [-0.2, -0.15) is 0 Å². The number of nitrogens with zero attached hydrogens (tertiary/aromatic N) is 1. The predicted molar refractivity (Wildman–Crippen MR) is 83.5 cm³/mol. The maximum atomic E-state index is 12.4. The molecule has 0 aliphatic carbocycles. The van der Waals surface area contributed by atoms with Crippen LogP contribution < -0.4 is 5.32 Å². The summed E-state index contributed by atoms with van der Waals surface area (Å²) >= 11 is 6.03. The third-order valence-electron chi connectivity index (χ3n) is 3.38. The van der Waals surface area contributed by atoms with Crippen molar-refractivity contribution in [2.75, 3.05) is 0 Å². The van der Waals surface area contributed by atoms with Crippen molar-refractivity contribution in [3.63, 3.8) is 0 Å². The van der Waals surface area contributed by atoms with E-state index in [0.717, 1.165) is 22.2 Å². The van der Waals surface area contributed by atoms with Crippen molar-refractivity contribution in [2.45, 2.75) is 13.5 Å². The fourth-order valence-electron chi connectivity index (χ4n) is 2.36. The predicted octanol–water partition coefficient (Wildman–Crippen LogP) is 3.45. The highest BCUT2D eigenvalue weighted by molar-refractivity contribution is 6.31. The van der Waals surface area contributed by atoms with Crippen LogP contribution in [0.1, 0.15) is 21.6 Å². The van der Waals surface area contributed by atoms with Crippen molar-refractivity contribution in [1.29, 1.82) is 0 Å². The van der Waals surface area contributed by atoms with Gasteiger partial charge < -0.3 is 10.3 Å². The molecule has 1 aromatic carbocycles. The largest absolute Gasteiger partial charge is 0.358 e. The summed E-state index contributed by atoms with van der Waals surface area (Å²) in [7, 11) is 0. The van der Waals surface area contributed by atoms with Crippen molar-refractivity contribution >= 4 is 28.4 Å². The van der Waals surface area contributed by atoms with Crippen molar-refractivity contribution in [1.82, 2.24) is 15.3 Å². The number of aryl methyl sites for hydroxylation is 1. The van der Waals surface area contributed by atoms with Crippen LogP contribution >= 0.6 is 11.6 Å². The molecule has 0 spiro atoms. The van der Waals surface area contributed by atoms with Gasteiger partial charge in [-0.1, -0.05) is 11.6 Å². The van der Waals surface area contributed by atoms with Gasteiger partial charge in [-0.15, -0.1) is 0 Å². The second kappa shape index (κ2) is 5.58. The normalized spacial score (nSPS) is 10.8. The molecule has 0 aliphatic rings. The van der Waals surface area contributed by atoms with Crippen LogP contribution in [0.15, 0.2) is 42.7 Å². The van der Waals surface area contributed by atoms with E-state index < -0.39 is 0 Å². The average Bonchev–Trinajstić information content (AvgIpc) is 2.81. The van der Waals surface area contributed by atoms with Crippen LogP contribution in [0.2, 0.25) is 5.02 Å². The Bertz CT molecular complexity index is 796. The van der Waals surface area contributed by atoms with Crippen LogP contribution in [-0.2, 0) is 6.54 Å². The second-order valence-corrected chi connectivity index (χ2v) is 5.29. The van der Waals surface area contributed by atoms with Gasteiger partial charge in [0.1, 0.15) is 0 Å². The zero-order valence-electron chi connectivity index (χ0n) is 11.5. The summed E-state index contributed by atoms with van der Waals surface area (Å²) < 4.78 is 0. The minimum Gasteiger partial charge on any atom is -0.358 e. The Labute approximate surface area is 127 Å². The molecular weight excluding hydrogens is 286 g/mol. The number of amides is 1. The van der Waals surface area contributed by atoms with E-state index in [9.17, 15) is 4.79 Å². The first-order valence-corrected chi connectivity index (χ1v) is 6.98. The Hall–Kier alpha value is -2.33. The molecule has 5 heteroatoms. The van der Waals surface area contributed by atoms with Gasteiger partial charge in [0, 0.05) is 40.6 Å². The number of pyridine rings is 1. The molecular formula is C16H14ClN3O. The molecule has 0 aliphatic heterocycles. The van der Waals surface area contributed by atoms with Gasteiger partial charge >= 0.3 is 0 Å². The van der Waals surface area contributed by atoms with Crippen LogP contribution in [0.4, 0.5) is 0 Å². The van der Waals surface area contributed by atoms with Crippen LogP contribution in [0.3, 0.4) is 0 Å². The van der Waals surface area contributed by atoms with Crippen molar-refractivity contribution in [3.8, 4) is 0 Å². The number of nitrogens with one attached hydrogen (secondary N) is 2. The third-order valence-corrected chi connectivity index (χ3v) is 3.61. The molecule has 21 heavy (non-hydrogen) atoms. The number of aromatic amines is 1. The summed E-state index contributed by atoms with van der Waals surface area (Å²) in [5.74, 6) is -0.113. The quantitative estimate of drug-likeness (QED) is 0.778. The summed E-state index contributed by atoms with van der Waals surface area (Å²) in [6, 6.07) is 9.24. The molecule has 2 aromatic heterocycles. The molecule has 0 radical (unpaired) electrons. The Morgan fingerprint density at radius 1 is 1.29 bits per heavy atom. The van der Waals surface area contributed by atoms with Gasteiger partial charge in [0.15, 0.2) is 0 Å². The summed E-state index contributed by atoms with van der Waals surface area (Å²) in [5, 5.41) is 4.38. The molecule has 3 rings (SSSR count). The number of halogens is 1. The lowest BCUT2D eigenvalue weighted by atomic mass is 10.1. The first kappa shape index (κ1) is 13.6. The summed E-state index contributed by atoms with van der Waals surface area (Å²) in [6.45, 7) is 2.35. The second-order valence-electron chi connectivity index (χ2n) is 4.85. The highest BCUT2D eigenvalue weighted by atomic mass is 35.5. The molecule has 0 saturated heterocycles. The van der Waals surface area contributed by atoms with Gasteiger partial charge in [0.25, 0.3) is 5.91 Å². The molecule has 0 saturated carbocycles. The molecule has 0 atom stereocenters. The Morgan fingerprint density at radius 2 is 2.05 bits per heavy atom. The third kappa shape index (κ3) is 2.76. The number of carbonyl (C=O) groups excluding carboxylic acids is 1. The fraction of sp³-hybridized carbons (Fsp3) is 0.125. The maximum Gasteiger partial charge on any atom is 0.253 e. The van der Waals surface area contributed by atoms with E-state index in [0.29, 0.717) is 17.1 Å². The SMILES string of the molecule is Cc1[nH]c2ccc(Cl)cc2c1C(=O)NCc1ccncc1. The van der Waals surface area contributed by atoms with E-state index in [2.05, 4.69) is 15.3 Å². The van der Waals surface area contributed by atoms with Crippen molar-refractivity contribution < 1.29 is 4.79 Å². The number of benzene rings is 1. The van der Waals surface area contributed by atoms with Gasteiger partial charge in [0.05, 0.1) is 5.56 Å². The number of fused-ring (bicyclic) bond motifs is 1. The van der Waals surface area contributed by atoms with E-state index in [4.69, 9.17) is 11.6 Å². The van der Waals surface area contributed by atoms with E-state index in [1.165, 1.54) is 0 Å². The minimum atomic E-state index is -0.113. The molecule has 0 unspecified atom stereocenters. The molecule has 2 N–H and O–H groups in total. The fourth-order valence-corrected chi connectivity index (χ4v) is 2.53. The standard InChI is InChI=1S/C16H14ClN3O/c1-10-15(13-8-12(17)2-3-14(13)20-10)16(21)19-9-11-4-6-18-7-5-11/h2-8,20H,9H2,1H3,(H,19,21). The molecule has 0 bridgehead atoms. The van der Waals surface area contributed by atoms with Crippen LogP contribution in [0.5, 0.6) is 0 Å². The number of H-pyrrole nitrogens is 1. The van der Waals surface area contributed by atoms with E-state index in [-0.39, 0.29) is 5.91 Å². The van der Waals surface area contributed by atoms with Crippen LogP contribution in [-0.4, -0.2) is 15.9 Å². The summed E-state index contributed by atoms with van der Waals surface area (Å²) in [6.07, 6.45) is 3.41. The average molecular weight is 300 g/mol. The Morgan fingerprint density at radius 3 is 2.81 bits per heavy atom. The first-order chi connectivity index (χ1) is 10.1. The van der Waals surface area contributed by atoms with Crippen LogP contribution in [0.25, 0.3) is 10.9 Å². The number of carbonyl (C=O) groups is 1. The maximum absolute atomic E-state index is 12.4. The van der Waals surface area contributed by atoms with Crippen molar-refractivity contribution in [2.24, 2.45) is 0 Å². The van der Waals surface area contributed by atoms with E-state index in [1.54, 1.807) is 18.5 Å². The highest BCUT2D eigenvalue weighted by Gasteiger charge is 2.16. The summed E-state index contributed by atoms with van der Waals surface area (Å²) in [4.78, 5) is 19.6. The molecule has 0 fully saturated rings. The monoisotopic (exact) mass is 299 g/mol. The lowest BCUT2D eigenvalue weighted by Gasteiger charge is -2.05.